The maximum Gasteiger partial charge on any atom is 0.222 e. The third kappa shape index (κ3) is 2.49. The van der Waals surface area contributed by atoms with Crippen LogP contribution in [-0.4, -0.2) is 23.9 Å². The largest absolute Gasteiger partial charge is 0.337 e. The molecule has 1 aromatic carbocycles. The Morgan fingerprint density at radius 3 is 2.89 bits per heavy atom. The van der Waals surface area contributed by atoms with Crippen LogP contribution in [0.3, 0.4) is 0 Å². The highest BCUT2D eigenvalue weighted by Gasteiger charge is 2.31. The van der Waals surface area contributed by atoms with E-state index >= 15 is 0 Å². The monoisotopic (exact) mass is 270 g/mol. The molecular formula is C13H16ClFN2O. The Hall–Kier alpha value is -1.13. The molecule has 18 heavy (non-hydrogen) atoms. The standard InChI is InChI=1S/C13H16ClFN2O/c1-17-12(18)4-2-3-11(16)13(17)9-6-5-8(15)7-10(9)14/h5-7,11,13H,2-4,16H2,1H3. The van der Waals surface area contributed by atoms with Gasteiger partial charge in [-0.15, -0.1) is 0 Å². The average Bonchev–Trinajstić information content (AvgIpc) is 2.42. The summed E-state index contributed by atoms with van der Waals surface area (Å²) in [5.74, 6) is -0.340. The van der Waals surface area contributed by atoms with Crippen LogP contribution < -0.4 is 5.73 Å². The van der Waals surface area contributed by atoms with E-state index in [2.05, 4.69) is 0 Å². The second-order valence-corrected chi connectivity index (χ2v) is 5.08. The van der Waals surface area contributed by atoms with Crippen LogP contribution in [0.1, 0.15) is 30.9 Å². The van der Waals surface area contributed by atoms with Crippen LogP contribution in [0, 0.1) is 5.82 Å². The van der Waals surface area contributed by atoms with E-state index in [1.807, 2.05) is 0 Å². The number of nitrogens with zero attached hydrogens (tertiary/aromatic N) is 1. The smallest absolute Gasteiger partial charge is 0.222 e. The number of nitrogens with two attached hydrogens (primary N) is 1. The van der Waals surface area contributed by atoms with Gasteiger partial charge in [0.25, 0.3) is 0 Å². The first kappa shape index (κ1) is 13.3. The molecule has 1 amide bonds. The fourth-order valence-electron chi connectivity index (χ4n) is 2.45. The highest BCUT2D eigenvalue weighted by molar-refractivity contribution is 6.31. The van der Waals surface area contributed by atoms with Crippen LogP contribution >= 0.6 is 11.6 Å². The van der Waals surface area contributed by atoms with Gasteiger partial charge in [0.1, 0.15) is 5.82 Å². The Morgan fingerprint density at radius 2 is 2.22 bits per heavy atom. The van der Waals surface area contributed by atoms with Crippen LogP contribution in [0.2, 0.25) is 5.02 Å². The van der Waals surface area contributed by atoms with E-state index in [4.69, 9.17) is 17.3 Å². The van der Waals surface area contributed by atoms with Crippen LogP contribution in [0.15, 0.2) is 18.2 Å². The second-order valence-electron chi connectivity index (χ2n) is 4.67. The minimum Gasteiger partial charge on any atom is -0.337 e. The molecule has 1 aliphatic rings. The van der Waals surface area contributed by atoms with Gasteiger partial charge in [-0.05, 0) is 30.5 Å². The summed E-state index contributed by atoms with van der Waals surface area (Å²) in [5.41, 5.74) is 6.84. The summed E-state index contributed by atoms with van der Waals surface area (Å²) in [5, 5.41) is 0.317. The summed E-state index contributed by atoms with van der Waals surface area (Å²) in [4.78, 5) is 13.5. The summed E-state index contributed by atoms with van der Waals surface area (Å²) in [6.07, 6.45) is 2.04. The van der Waals surface area contributed by atoms with Crippen molar-refractivity contribution in [3.63, 3.8) is 0 Å². The fraction of sp³-hybridized carbons (Fsp3) is 0.462. The molecule has 2 atom stereocenters. The first-order valence-electron chi connectivity index (χ1n) is 5.97. The summed E-state index contributed by atoms with van der Waals surface area (Å²) >= 11 is 6.06. The quantitative estimate of drug-likeness (QED) is 0.852. The molecule has 1 heterocycles. The van der Waals surface area contributed by atoms with Gasteiger partial charge in [0, 0.05) is 24.5 Å². The van der Waals surface area contributed by atoms with E-state index in [-0.39, 0.29) is 23.8 Å². The van der Waals surface area contributed by atoms with E-state index in [0.717, 1.165) is 12.8 Å². The molecule has 2 rings (SSSR count). The number of carbonyl (C=O) groups is 1. The van der Waals surface area contributed by atoms with Crippen molar-refractivity contribution in [3.8, 4) is 0 Å². The summed E-state index contributed by atoms with van der Waals surface area (Å²) in [7, 11) is 1.72. The number of amides is 1. The number of benzene rings is 1. The minimum atomic E-state index is -0.389. The third-order valence-electron chi connectivity index (χ3n) is 3.43. The third-order valence-corrected chi connectivity index (χ3v) is 3.75. The SMILES string of the molecule is CN1C(=O)CCCC(N)C1c1ccc(F)cc1Cl. The summed E-state index contributed by atoms with van der Waals surface area (Å²) in [6.45, 7) is 0. The van der Waals surface area contributed by atoms with Gasteiger partial charge in [0.05, 0.1) is 6.04 Å². The van der Waals surface area contributed by atoms with Gasteiger partial charge in [-0.25, -0.2) is 4.39 Å². The van der Waals surface area contributed by atoms with Crippen LogP contribution in [0.25, 0.3) is 0 Å². The van der Waals surface area contributed by atoms with Crippen molar-refractivity contribution in [2.75, 3.05) is 7.05 Å². The molecule has 2 unspecified atom stereocenters. The number of halogens is 2. The van der Waals surface area contributed by atoms with Crippen molar-refractivity contribution >= 4 is 17.5 Å². The molecule has 0 spiro atoms. The van der Waals surface area contributed by atoms with Crippen molar-refractivity contribution in [2.24, 2.45) is 5.73 Å². The Bertz CT molecular complexity index is 466. The zero-order chi connectivity index (χ0) is 13.3. The zero-order valence-electron chi connectivity index (χ0n) is 10.2. The number of carbonyl (C=O) groups excluding carboxylic acids is 1. The number of hydrogen-bond acceptors (Lipinski definition) is 2. The topological polar surface area (TPSA) is 46.3 Å². The molecule has 0 saturated carbocycles. The van der Waals surface area contributed by atoms with Crippen LogP contribution in [0.5, 0.6) is 0 Å². The van der Waals surface area contributed by atoms with Gasteiger partial charge in [-0.1, -0.05) is 17.7 Å². The second kappa shape index (κ2) is 5.24. The highest BCUT2D eigenvalue weighted by Crippen LogP contribution is 2.33. The molecule has 1 saturated heterocycles. The van der Waals surface area contributed by atoms with Crippen LogP contribution in [0.4, 0.5) is 4.39 Å². The van der Waals surface area contributed by atoms with Gasteiger partial charge in [-0.3, -0.25) is 4.79 Å². The molecule has 2 N–H and O–H groups in total. The predicted molar refractivity (Wildman–Crippen MR) is 68.7 cm³/mol. The van der Waals surface area contributed by atoms with Gasteiger partial charge >= 0.3 is 0 Å². The first-order valence-corrected chi connectivity index (χ1v) is 6.34. The van der Waals surface area contributed by atoms with E-state index in [9.17, 15) is 9.18 Å². The molecule has 1 fully saturated rings. The normalized spacial score (nSPS) is 25.1. The van der Waals surface area contributed by atoms with Gasteiger partial charge < -0.3 is 10.6 Å². The Labute approximate surface area is 111 Å². The van der Waals surface area contributed by atoms with E-state index < -0.39 is 0 Å². The lowest BCUT2D eigenvalue weighted by atomic mass is 9.96. The van der Waals surface area contributed by atoms with Crippen LogP contribution in [-0.2, 0) is 4.79 Å². The van der Waals surface area contributed by atoms with Gasteiger partial charge in [0.2, 0.25) is 5.91 Å². The number of hydrogen-bond donors (Lipinski definition) is 1. The van der Waals surface area contributed by atoms with Crippen molar-refractivity contribution in [3.05, 3.63) is 34.6 Å². The molecule has 1 aliphatic heterocycles. The van der Waals surface area contributed by atoms with E-state index in [0.29, 0.717) is 17.0 Å². The molecule has 1 aromatic rings. The Balaban J connectivity index is 2.41. The van der Waals surface area contributed by atoms with E-state index in [1.165, 1.54) is 12.1 Å². The van der Waals surface area contributed by atoms with Gasteiger partial charge in [-0.2, -0.15) is 0 Å². The van der Waals surface area contributed by atoms with Crippen molar-refractivity contribution in [2.45, 2.75) is 31.3 Å². The number of rotatable bonds is 1. The van der Waals surface area contributed by atoms with Gasteiger partial charge in [0.15, 0.2) is 0 Å². The lowest BCUT2D eigenvalue weighted by molar-refractivity contribution is -0.131. The van der Waals surface area contributed by atoms with E-state index in [1.54, 1.807) is 18.0 Å². The Morgan fingerprint density at radius 1 is 1.50 bits per heavy atom. The predicted octanol–water partition coefficient (Wildman–Crippen LogP) is 2.49. The fourth-order valence-corrected chi connectivity index (χ4v) is 2.73. The minimum absolute atomic E-state index is 0.0494. The zero-order valence-corrected chi connectivity index (χ0v) is 11.0. The molecule has 0 aromatic heterocycles. The molecular weight excluding hydrogens is 255 g/mol. The van der Waals surface area contributed by atoms with Crippen molar-refractivity contribution in [1.29, 1.82) is 0 Å². The highest BCUT2D eigenvalue weighted by atomic mass is 35.5. The molecule has 0 aliphatic carbocycles. The molecule has 0 bridgehead atoms. The maximum atomic E-state index is 13.1. The van der Waals surface area contributed by atoms with Crippen molar-refractivity contribution in [1.82, 2.24) is 4.90 Å². The molecule has 3 nitrogen and oxygen atoms in total. The molecule has 5 heteroatoms. The number of likely N-dealkylation sites (N-methyl/N-ethyl adjacent to an activating group) is 1. The first-order chi connectivity index (χ1) is 8.50. The Kier molecular flexibility index (Phi) is 3.88. The lowest BCUT2D eigenvalue weighted by Gasteiger charge is -2.31. The van der Waals surface area contributed by atoms with Crippen molar-refractivity contribution < 1.29 is 9.18 Å². The molecule has 98 valence electrons. The number of likely N-dealkylation sites (tertiary alicyclic amines) is 1. The maximum absolute atomic E-state index is 13.1. The molecule has 0 radical (unpaired) electrons. The average molecular weight is 271 g/mol. The summed E-state index contributed by atoms with van der Waals surface area (Å²) in [6, 6.07) is 3.75. The summed E-state index contributed by atoms with van der Waals surface area (Å²) < 4.78 is 13.1. The lowest BCUT2D eigenvalue weighted by Crippen LogP contribution is -2.39.